The Balaban J connectivity index is 1.97. The number of hydrogen-bond acceptors (Lipinski definition) is 3. The first kappa shape index (κ1) is 11.8. The van der Waals surface area contributed by atoms with Crippen molar-refractivity contribution in [3.05, 3.63) is 47.0 Å². The molecule has 1 aromatic carbocycles. The quantitative estimate of drug-likeness (QED) is 0.598. The Labute approximate surface area is 110 Å². The van der Waals surface area contributed by atoms with Crippen molar-refractivity contribution < 1.29 is 14.4 Å². The lowest BCUT2D eigenvalue weighted by molar-refractivity contribution is -0.139. The molecule has 4 heteroatoms. The first-order valence-corrected chi connectivity index (χ1v) is 6.27. The van der Waals surface area contributed by atoms with E-state index in [2.05, 4.69) is 0 Å². The van der Waals surface area contributed by atoms with Crippen molar-refractivity contribution in [2.24, 2.45) is 0 Å². The van der Waals surface area contributed by atoms with E-state index in [1.807, 2.05) is 12.1 Å². The van der Waals surface area contributed by atoms with Gasteiger partial charge in [0.25, 0.3) is 11.8 Å². The maximum atomic E-state index is 11.7. The summed E-state index contributed by atoms with van der Waals surface area (Å²) >= 11 is 0. The zero-order chi connectivity index (χ0) is 13.6. The molecule has 2 aliphatic rings. The second-order valence-corrected chi connectivity index (χ2v) is 4.90. The third-order valence-electron chi connectivity index (χ3n) is 3.75. The highest BCUT2D eigenvalue weighted by atomic mass is 16.2. The first-order valence-electron chi connectivity index (χ1n) is 6.27. The van der Waals surface area contributed by atoms with Gasteiger partial charge in [-0.3, -0.25) is 19.3 Å². The molecule has 0 aromatic heterocycles. The molecule has 0 saturated carbocycles. The molecule has 0 saturated heterocycles. The number of nitrogens with zero attached hydrogens (tertiary/aromatic N) is 1. The summed E-state index contributed by atoms with van der Waals surface area (Å²) in [6.07, 6.45) is 4.14. The summed E-state index contributed by atoms with van der Waals surface area (Å²) in [5.41, 5.74) is 2.72. The van der Waals surface area contributed by atoms with Crippen LogP contribution in [0.5, 0.6) is 0 Å². The van der Waals surface area contributed by atoms with Gasteiger partial charge in [-0.1, -0.05) is 12.1 Å². The van der Waals surface area contributed by atoms with E-state index in [0.29, 0.717) is 5.56 Å². The molecule has 0 unspecified atom stereocenters. The van der Waals surface area contributed by atoms with E-state index in [-0.39, 0.29) is 23.6 Å². The standard InChI is InChI=1S/C15H13NO3/c1-9(17)10-2-4-12-11(8-10)3-5-13(12)16-14(18)6-7-15(16)19/h2,4,6-8,13H,3,5H2,1H3/t13-/m0/s1. The zero-order valence-electron chi connectivity index (χ0n) is 10.6. The van der Waals surface area contributed by atoms with Gasteiger partial charge in [0.1, 0.15) is 0 Å². The third kappa shape index (κ3) is 1.80. The highest BCUT2D eigenvalue weighted by Crippen LogP contribution is 2.37. The van der Waals surface area contributed by atoms with Gasteiger partial charge >= 0.3 is 0 Å². The summed E-state index contributed by atoms with van der Waals surface area (Å²) in [6.45, 7) is 1.53. The Morgan fingerprint density at radius 2 is 1.89 bits per heavy atom. The lowest BCUT2D eigenvalue weighted by Gasteiger charge is -2.22. The van der Waals surface area contributed by atoms with Crippen molar-refractivity contribution in [3.63, 3.8) is 0 Å². The minimum atomic E-state index is -0.251. The van der Waals surface area contributed by atoms with Crippen LogP contribution < -0.4 is 0 Å². The van der Waals surface area contributed by atoms with Gasteiger partial charge in [-0.05, 0) is 37.0 Å². The van der Waals surface area contributed by atoms with Crippen molar-refractivity contribution >= 4 is 17.6 Å². The SMILES string of the molecule is CC(=O)c1ccc2c(c1)CC[C@@H]2N1C(=O)C=CC1=O. The number of Topliss-reactive ketones (excluding diaryl/α,β-unsaturated/α-hetero) is 1. The van der Waals surface area contributed by atoms with Crippen molar-refractivity contribution in [2.75, 3.05) is 0 Å². The van der Waals surface area contributed by atoms with Crippen LogP contribution in [0.3, 0.4) is 0 Å². The van der Waals surface area contributed by atoms with E-state index in [1.165, 1.54) is 24.0 Å². The van der Waals surface area contributed by atoms with Crippen LogP contribution in [0.25, 0.3) is 0 Å². The molecular formula is C15H13NO3. The van der Waals surface area contributed by atoms with E-state index in [0.717, 1.165) is 24.0 Å². The number of ketones is 1. The van der Waals surface area contributed by atoms with E-state index in [4.69, 9.17) is 0 Å². The van der Waals surface area contributed by atoms with Crippen molar-refractivity contribution in [2.45, 2.75) is 25.8 Å². The minimum Gasteiger partial charge on any atom is -0.295 e. The van der Waals surface area contributed by atoms with Gasteiger partial charge in [-0.25, -0.2) is 0 Å². The fourth-order valence-electron chi connectivity index (χ4n) is 2.80. The maximum Gasteiger partial charge on any atom is 0.254 e. The van der Waals surface area contributed by atoms with E-state index in [1.54, 1.807) is 6.07 Å². The summed E-state index contributed by atoms with van der Waals surface area (Å²) in [7, 11) is 0. The second-order valence-electron chi connectivity index (χ2n) is 4.90. The van der Waals surface area contributed by atoms with Crippen LogP contribution in [-0.4, -0.2) is 22.5 Å². The van der Waals surface area contributed by atoms with Crippen LogP contribution >= 0.6 is 0 Å². The van der Waals surface area contributed by atoms with Crippen LogP contribution in [0.1, 0.15) is 40.9 Å². The van der Waals surface area contributed by atoms with E-state index >= 15 is 0 Å². The average molecular weight is 255 g/mol. The Hall–Kier alpha value is -2.23. The number of imide groups is 1. The fourth-order valence-corrected chi connectivity index (χ4v) is 2.80. The topological polar surface area (TPSA) is 54.5 Å². The van der Waals surface area contributed by atoms with Crippen LogP contribution in [0.2, 0.25) is 0 Å². The normalized spacial score (nSPS) is 21.1. The monoisotopic (exact) mass is 255 g/mol. The minimum absolute atomic E-state index is 0.0289. The lowest BCUT2D eigenvalue weighted by Crippen LogP contribution is -2.33. The number of amides is 2. The smallest absolute Gasteiger partial charge is 0.254 e. The summed E-state index contributed by atoms with van der Waals surface area (Å²) in [5, 5.41) is 0. The summed E-state index contributed by atoms with van der Waals surface area (Å²) < 4.78 is 0. The molecule has 1 heterocycles. The molecule has 1 aliphatic heterocycles. The molecule has 2 amide bonds. The first-order chi connectivity index (χ1) is 9.08. The Bertz CT molecular complexity index is 612. The Morgan fingerprint density at radius 1 is 1.21 bits per heavy atom. The predicted molar refractivity (Wildman–Crippen MR) is 68.5 cm³/mol. The van der Waals surface area contributed by atoms with Crippen molar-refractivity contribution in [1.82, 2.24) is 4.90 Å². The molecule has 4 nitrogen and oxygen atoms in total. The van der Waals surface area contributed by atoms with E-state index < -0.39 is 0 Å². The zero-order valence-corrected chi connectivity index (χ0v) is 10.6. The molecular weight excluding hydrogens is 242 g/mol. The maximum absolute atomic E-state index is 11.7. The van der Waals surface area contributed by atoms with Gasteiger partial charge in [-0.15, -0.1) is 0 Å². The highest BCUT2D eigenvalue weighted by molar-refractivity contribution is 6.13. The molecule has 0 spiro atoms. The molecule has 96 valence electrons. The lowest BCUT2D eigenvalue weighted by atomic mass is 10.0. The second kappa shape index (κ2) is 4.16. The number of hydrogen-bond donors (Lipinski definition) is 0. The largest absolute Gasteiger partial charge is 0.295 e. The van der Waals surface area contributed by atoms with Gasteiger partial charge in [-0.2, -0.15) is 0 Å². The summed E-state index contributed by atoms with van der Waals surface area (Å²) in [6, 6.07) is 5.31. The Kier molecular flexibility index (Phi) is 2.59. The van der Waals surface area contributed by atoms with Gasteiger partial charge in [0.15, 0.2) is 5.78 Å². The number of carbonyl (C=O) groups excluding carboxylic acids is 3. The van der Waals surface area contributed by atoms with Gasteiger partial charge in [0, 0.05) is 17.7 Å². The van der Waals surface area contributed by atoms with Gasteiger partial charge < -0.3 is 0 Å². The number of aryl methyl sites for hydroxylation is 1. The molecule has 1 atom stereocenters. The van der Waals surface area contributed by atoms with Crippen LogP contribution in [0, 0.1) is 0 Å². The van der Waals surface area contributed by atoms with Crippen LogP contribution in [0.15, 0.2) is 30.4 Å². The van der Waals surface area contributed by atoms with Crippen LogP contribution in [0.4, 0.5) is 0 Å². The van der Waals surface area contributed by atoms with Gasteiger partial charge in [0.05, 0.1) is 6.04 Å². The predicted octanol–water partition coefficient (Wildman–Crippen LogP) is 1.80. The Morgan fingerprint density at radius 3 is 2.53 bits per heavy atom. The molecule has 0 radical (unpaired) electrons. The fraction of sp³-hybridized carbons (Fsp3) is 0.267. The van der Waals surface area contributed by atoms with Gasteiger partial charge in [0.2, 0.25) is 0 Å². The average Bonchev–Trinajstić information content (AvgIpc) is 2.92. The summed E-state index contributed by atoms with van der Waals surface area (Å²) in [4.78, 5) is 36.1. The van der Waals surface area contributed by atoms with Crippen LogP contribution in [-0.2, 0) is 16.0 Å². The molecule has 3 rings (SSSR count). The number of rotatable bonds is 2. The molecule has 0 fully saturated rings. The molecule has 0 bridgehead atoms. The van der Waals surface area contributed by atoms with Crippen molar-refractivity contribution in [1.29, 1.82) is 0 Å². The third-order valence-corrected chi connectivity index (χ3v) is 3.75. The van der Waals surface area contributed by atoms with E-state index in [9.17, 15) is 14.4 Å². The molecule has 1 aliphatic carbocycles. The molecule has 19 heavy (non-hydrogen) atoms. The molecule has 1 aromatic rings. The summed E-state index contributed by atoms with van der Waals surface area (Å²) in [5.74, 6) is -0.474. The number of fused-ring (bicyclic) bond motifs is 1. The van der Waals surface area contributed by atoms with Crippen molar-refractivity contribution in [3.8, 4) is 0 Å². The molecule has 0 N–H and O–H groups in total. The number of carbonyl (C=O) groups is 3. The highest BCUT2D eigenvalue weighted by Gasteiger charge is 2.36. The number of benzene rings is 1.